The normalized spacial score (nSPS) is 17.2. The molecule has 1 aliphatic heterocycles. The van der Waals surface area contributed by atoms with Crippen LogP contribution in [-0.2, 0) is 0 Å². The van der Waals surface area contributed by atoms with Crippen LogP contribution in [0.1, 0.15) is 23.2 Å². The van der Waals surface area contributed by atoms with Gasteiger partial charge in [0.2, 0.25) is 0 Å². The van der Waals surface area contributed by atoms with Crippen LogP contribution in [0, 0.1) is 0 Å². The molecule has 1 saturated heterocycles. The first-order valence-corrected chi connectivity index (χ1v) is 6.39. The van der Waals surface area contributed by atoms with Crippen molar-refractivity contribution in [1.82, 2.24) is 4.90 Å². The number of likely N-dealkylation sites (tertiary alicyclic amines) is 1. The van der Waals surface area contributed by atoms with E-state index in [0.29, 0.717) is 37.2 Å². The Morgan fingerprint density at radius 3 is 2.65 bits per heavy atom. The van der Waals surface area contributed by atoms with Crippen LogP contribution in [0.3, 0.4) is 0 Å². The summed E-state index contributed by atoms with van der Waals surface area (Å²) in [6, 6.07) is 5.27. The first-order chi connectivity index (χ1) is 8.08. The molecule has 1 amide bonds. The maximum Gasteiger partial charge on any atom is 0.255 e. The Labute approximate surface area is 109 Å². The number of rotatable bonds is 1. The van der Waals surface area contributed by atoms with E-state index >= 15 is 0 Å². The largest absolute Gasteiger partial charge is 0.398 e. The van der Waals surface area contributed by atoms with Gasteiger partial charge < -0.3 is 15.7 Å². The van der Waals surface area contributed by atoms with Crippen molar-refractivity contribution in [3.8, 4) is 0 Å². The number of hydrogen-bond acceptors (Lipinski definition) is 3. The van der Waals surface area contributed by atoms with Crippen LogP contribution in [0.2, 0.25) is 0 Å². The van der Waals surface area contributed by atoms with E-state index in [4.69, 9.17) is 5.73 Å². The molecule has 0 spiro atoms. The molecule has 0 atom stereocenters. The summed E-state index contributed by atoms with van der Waals surface area (Å²) < 4.78 is 0.862. The van der Waals surface area contributed by atoms with Gasteiger partial charge in [0.05, 0.1) is 11.7 Å². The average Bonchev–Trinajstić information content (AvgIpc) is 2.29. The molecule has 1 aliphatic rings. The number of carbonyl (C=O) groups excluding carboxylic acids is 1. The van der Waals surface area contributed by atoms with Crippen molar-refractivity contribution in [3.63, 3.8) is 0 Å². The first kappa shape index (κ1) is 12.4. The Morgan fingerprint density at radius 1 is 1.41 bits per heavy atom. The minimum Gasteiger partial charge on any atom is -0.398 e. The lowest BCUT2D eigenvalue weighted by Gasteiger charge is -2.30. The lowest BCUT2D eigenvalue weighted by Crippen LogP contribution is -2.40. The minimum absolute atomic E-state index is 0.0538. The van der Waals surface area contributed by atoms with Gasteiger partial charge in [-0.2, -0.15) is 0 Å². The first-order valence-electron chi connectivity index (χ1n) is 5.60. The Hall–Kier alpha value is -1.07. The summed E-state index contributed by atoms with van der Waals surface area (Å²) in [5.74, 6) is -0.0538. The zero-order chi connectivity index (χ0) is 12.4. The molecule has 0 saturated carbocycles. The molecule has 92 valence electrons. The van der Waals surface area contributed by atoms with Crippen LogP contribution in [0.4, 0.5) is 5.69 Å². The number of anilines is 1. The molecule has 0 radical (unpaired) electrons. The van der Waals surface area contributed by atoms with Crippen molar-refractivity contribution in [2.24, 2.45) is 0 Å². The van der Waals surface area contributed by atoms with Gasteiger partial charge in [-0.25, -0.2) is 0 Å². The molecule has 1 aromatic rings. The number of nitrogen functional groups attached to an aromatic ring is 1. The van der Waals surface area contributed by atoms with E-state index in [1.54, 1.807) is 17.0 Å². The zero-order valence-corrected chi connectivity index (χ0v) is 11.0. The number of piperidine rings is 1. The third-order valence-electron chi connectivity index (χ3n) is 3.00. The number of halogens is 1. The summed E-state index contributed by atoms with van der Waals surface area (Å²) in [7, 11) is 0. The maximum atomic E-state index is 12.2. The standard InChI is InChI=1S/C12H15BrN2O2/c13-8-1-2-10(11(14)7-8)12(17)15-5-3-9(16)4-6-15/h1-2,7,9,16H,3-6,14H2. The number of aliphatic hydroxyl groups is 1. The van der Waals surface area contributed by atoms with Crippen molar-refractivity contribution >= 4 is 27.5 Å². The van der Waals surface area contributed by atoms with Crippen molar-refractivity contribution < 1.29 is 9.90 Å². The molecule has 1 heterocycles. The predicted molar refractivity (Wildman–Crippen MR) is 69.7 cm³/mol. The van der Waals surface area contributed by atoms with Gasteiger partial charge >= 0.3 is 0 Å². The minimum atomic E-state index is -0.277. The van der Waals surface area contributed by atoms with Crippen LogP contribution in [-0.4, -0.2) is 35.1 Å². The zero-order valence-electron chi connectivity index (χ0n) is 9.40. The van der Waals surface area contributed by atoms with Crippen LogP contribution < -0.4 is 5.73 Å². The third kappa shape index (κ3) is 2.79. The molecular formula is C12H15BrN2O2. The van der Waals surface area contributed by atoms with Gasteiger partial charge in [-0.15, -0.1) is 0 Å². The van der Waals surface area contributed by atoms with Gasteiger partial charge in [-0.3, -0.25) is 4.79 Å². The molecule has 1 fully saturated rings. The number of aliphatic hydroxyl groups excluding tert-OH is 1. The molecule has 4 nitrogen and oxygen atoms in total. The Kier molecular flexibility index (Phi) is 3.69. The lowest BCUT2D eigenvalue weighted by molar-refractivity contribution is 0.0547. The molecule has 0 aliphatic carbocycles. The lowest BCUT2D eigenvalue weighted by atomic mass is 10.1. The van der Waals surface area contributed by atoms with Gasteiger partial charge in [0.25, 0.3) is 5.91 Å². The molecule has 0 unspecified atom stereocenters. The topological polar surface area (TPSA) is 66.6 Å². The predicted octanol–water partition coefficient (Wildman–Crippen LogP) is 1.63. The van der Waals surface area contributed by atoms with E-state index in [1.807, 2.05) is 6.07 Å². The number of amides is 1. The van der Waals surface area contributed by atoms with Crippen LogP contribution >= 0.6 is 15.9 Å². The number of hydrogen-bond donors (Lipinski definition) is 2. The fourth-order valence-corrected chi connectivity index (χ4v) is 2.35. The van der Waals surface area contributed by atoms with Gasteiger partial charge in [0, 0.05) is 23.2 Å². The van der Waals surface area contributed by atoms with Gasteiger partial charge in [0.15, 0.2) is 0 Å². The second-order valence-corrected chi connectivity index (χ2v) is 5.17. The highest BCUT2D eigenvalue weighted by Gasteiger charge is 2.23. The third-order valence-corrected chi connectivity index (χ3v) is 3.49. The van der Waals surface area contributed by atoms with Gasteiger partial charge in [-0.1, -0.05) is 15.9 Å². The fourth-order valence-electron chi connectivity index (χ4n) is 1.97. The average molecular weight is 299 g/mol. The monoisotopic (exact) mass is 298 g/mol. The Bertz CT molecular complexity index is 429. The van der Waals surface area contributed by atoms with E-state index in [0.717, 1.165) is 4.47 Å². The fraction of sp³-hybridized carbons (Fsp3) is 0.417. The summed E-state index contributed by atoms with van der Waals surface area (Å²) >= 11 is 3.31. The molecule has 1 aromatic carbocycles. The van der Waals surface area contributed by atoms with E-state index < -0.39 is 0 Å². The quantitative estimate of drug-likeness (QED) is 0.775. The van der Waals surface area contributed by atoms with Gasteiger partial charge in [0.1, 0.15) is 0 Å². The molecule has 3 N–H and O–H groups in total. The summed E-state index contributed by atoms with van der Waals surface area (Å²) in [6.45, 7) is 1.19. The SMILES string of the molecule is Nc1cc(Br)ccc1C(=O)N1CCC(O)CC1. The van der Waals surface area contributed by atoms with E-state index in [1.165, 1.54) is 0 Å². The Balaban J connectivity index is 2.14. The molecule has 5 heteroatoms. The molecule has 0 aromatic heterocycles. The van der Waals surface area contributed by atoms with Crippen LogP contribution in [0.5, 0.6) is 0 Å². The molecular weight excluding hydrogens is 284 g/mol. The molecule has 17 heavy (non-hydrogen) atoms. The second kappa shape index (κ2) is 5.06. The number of benzene rings is 1. The van der Waals surface area contributed by atoms with Crippen molar-refractivity contribution in [2.75, 3.05) is 18.8 Å². The smallest absolute Gasteiger partial charge is 0.255 e. The maximum absolute atomic E-state index is 12.2. The number of nitrogens with two attached hydrogens (primary N) is 1. The highest BCUT2D eigenvalue weighted by atomic mass is 79.9. The number of nitrogens with zero attached hydrogens (tertiary/aromatic N) is 1. The second-order valence-electron chi connectivity index (χ2n) is 4.25. The number of carbonyl (C=O) groups is 1. The van der Waals surface area contributed by atoms with Crippen molar-refractivity contribution in [1.29, 1.82) is 0 Å². The highest BCUT2D eigenvalue weighted by Crippen LogP contribution is 2.21. The highest BCUT2D eigenvalue weighted by molar-refractivity contribution is 9.10. The van der Waals surface area contributed by atoms with E-state index in [-0.39, 0.29) is 12.0 Å². The summed E-state index contributed by atoms with van der Waals surface area (Å²) in [6.07, 6.45) is 1.01. The van der Waals surface area contributed by atoms with E-state index in [9.17, 15) is 9.90 Å². The van der Waals surface area contributed by atoms with Crippen molar-refractivity contribution in [3.05, 3.63) is 28.2 Å². The molecule has 2 rings (SSSR count). The van der Waals surface area contributed by atoms with Gasteiger partial charge in [-0.05, 0) is 31.0 Å². The van der Waals surface area contributed by atoms with E-state index in [2.05, 4.69) is 15.9 Å². The summed E-state index contributed by atoms with van der Waals surface area (Å²) in [5, 5.41) is 9.40. The molecule has 0 bridgehead atoms. The Morgan fingerprint density at radius 2 is 2.06 bits per heavy atom. The summed E-state index contributed by atoms with van der Waals surface area (Å²) in [5.41, 5.74) is 6.84. The van der Waals surface area contributed by atoms with Crippen LogP contribution in [0.25, 0.3) is 0 Å². The summed E-state index contributed by atoms with van der Waals surface area (Å²) in [4.78, 5) is 13.9. The van der Waals surface area contributed by atoms with Crippen molar-refractivity contribution in [2.45, 2.75) is 18.9 Å². The van der Waals surface area contributed by atoms with Crippen LogP contribution in [0.15, 0.2) is 22.7 Å².